The van der Waals surface area contributed by atoms with Gasteiger partial charge in [0.05, 0.1) is 30.4 Å². The predicted molar refractivity (Wildman–Crippen MR) is 178 cm³/mol. The molecule has 47 heavy (non-hydrogen) atoms. The topological polar surface area (TPSA) is 151 Å². The number of hydrogen-bond donors (Lipinski definition) is 4. The van der Waals surface area contributed by atoms with Gasteiger partial charge in [-0.3, -0.25) is 4.79 Å². The highest BCUT2D eigenvalue weighted by atomic mass is 16.7. The van der Waals surface area contributed by atoms with Crippen LogP contribution >= 0.6 is 0 Å². The standard InChI is InChI=1S/C34H49N5O8/c1-21(2)35-34(43)38(6)18-31-22(3)17-39(23(4)19-40)32(41)27-15-25(10-12-28(27)47-24(5)9-7-8-14-44-31)36-33(42)37-26-11-13-29-30(16-26)46-20-45-29/h10-13,15-16,21-24,31,40H,7-9,14,17-20H2,1-6H3,(H,35,43)(H2,36,37,42)/t22-,23+,24+,31+/m1/s1. The zero-order chi connectivity index (χ0) is 34.1. The third-order valence-electron chi connectivity index (χ3n) is 8.15. The minimum Gasteiger partial charge on any atom is -0.490 e. The number of rotatable bonds is 7. The zero-order valence-electron chi connectivity index (χ0n) is 28.2. The normalized spacial score (nSPS) is 20.8. The molecule has 0 saturated heterocycles. The van der Waals surface area contributed by atoms with Crippen molar-refractivity contribution in [2.24, 2.45) is 5.92 Å². The molecule has 4 N–H and O–H groups in total. The number of urea groups is 2. The molecule has 0 saturated carbocycles. The van der Waals surface area contributed by atoms with Gasteiger partial charge in [0, 0.05) is 56.1 Å². The Labute approximate surface area is 276 Å². The lowest BCUT2D eigenvalue weighted by molar-refractivity contribution is -0.0122. The summed E-state index contributed by atoms with van der Waals surface area (Å²) in [5.41, 5.74) is 1.16. The van der Waals surface area contributed by atoms with Gasteiger partial charge < -0.3 is 49.8 Å². The minimum atomic E-state index is -0.531. The monoisotopic (exact) mass is 655 g/mol. The average Bonchev–Trinajstić information content (AvgIpc) is 3.50. The van der Waals surface area contributed by atoms with E-state index >= 15 is 0 Å². The summed E-state index contributed by atoms with van der Waals surface area (Å²) in [5, 5.41) is 18.7. The van der Waals surface area contributed by atoms with E-state index in [1.54, 1.807) is 60.2 Å². The second-order valence-electron chi connectivity index (χ2n) is 12.6. The highest BCUT2D eigenvalue weighted by Crippen LogP contribution is 2.34. The van der Waals surface area contributed by atoms with Crippen LogP contribution in [-0.4, -0.2) is 97.3 Å². The number of benzene rings is 2. The van der Waals surface area contributed by atoms with E-state index < -0.39 is 12.1 Å². The number of nitrogens with one attached hydrogen (secondary N) is 3. The van der Waals surface area contributed by atoms with E-state index in [-0.39, 0.29) is 61.6 Å². The molecule has 13 heteroatoms. The summed E-state index contributed by atoms with van der Waals surface area (Å²) in [6.07, 6.45) is 1.85. The first-order valence-electron chi connectivity index (χ1n) is 16.3. The zero-order valence-corrected chi connectivity index (χ0v) is 28.2. The Balaban J connectivity index is 1.58. The Bertz CT molecular complexity index is 1390. The van der Waals surface area contributed by atoms with Crippen LogP contribution in [0.3, 0.4) is 0 Å². The van der Waals surface area contributed by atoms with Crippen molar-refractivity contribution in [3.63, 3.8) is 0 Å². The van der Waals surface area contributed by atoms with Crippen molar-refractivity contribution in [1.82, 2.24) is 15.1 Å². The van der Waals surface area contributed by atoms with Gasteiger partial charge in [0.1, 0.15) is 5.75 Å². The number of carbonyl (C=O) groups is 3. The van der Waals surface area contributed by atoms with Crippen molar-refractivity contribution in [1.29, 1.82) is 0 Å². The van der Waals surface area contributed by atoms with Gasteiger partial charge in [0.2, 0.25) is 6.79 Å². The Morgan fingerprint density at radius 3 is 2.38 bits per heavy atom. The third kappa shape index (κ3) is 9.88. The molecule has 0 aliphatic carbocycles. The molecule has 0 fully saturated rings. The fraction of sp³-hybridized carbons (Fsp3) is 0.559. The summed E-state index contributed by atoms with van der Waals surface area (Å²) in [5.74, 6) is 0.982. The molecule has 0 aromatic heterocycles. The van der Waals surface area contributed by atoms with Crippen LogP contribution in [0.5, 0.6) is 17.2 Å². The van der Waals surface area contributed by atoms with Gasteiger partial charge in [-0.2, -0.15) is 0 Å². The van der Waals surface area contributed by atoms with E-state index in [1.807, 2.05) is 27.7 Å². The molecule has 2 aromatic rings. The van der Waals surface area contributed by atoms with Gasteiger partial charge in [-0.15, -0.1) is 0 Å². The maximum absolute atomic E-state index is 14.3. The molecular weight excluding hydrogens is 606 g/mol. The number of likely N-dealkylation sites (N-methyl/N-ethyl adjacent to an activating group) is 1. The molecule has 4 rings (SSSR count). The molecular formula is C34H49N5O8. The van der Waals surface area contributed by atoms with Crippen molar-refractivity contribution < 1.29 is 38.4 Å². The van der Waals surface area contributed by atoms with E-state index in [1.165, 1.54) is 0 Å². The highest BCUT2D eigenvalue weighted by molar-refractivity contribution is 6.02. The fourth-order valence-electron chi connectivity index (χ4n) is 5.44. The molecule has 0 unspecified atom stereocenters. The molecule has 2 heterocycles. The van der Waals surface area contributed by atoms with Crippen molar-refractivity contribution >= 4 is 29.3 Å². The van der Waals surface area contributed by atoms with Crippen LogP contribution in [0.2, 0.25) is 0 Å². The number of fused-ring (bicyclic) bond motifs is 2. The lowest BCUT2D eigenvalue weighted by Crippen LogP contribution is -2.49. The van der Waals surface area contributed by atoms with E-state index in [0.717, 1.165) is 19.3 Å². The molecule has 5 amide bonds. The number of aliphatic hydroxyl groups excluding tert-OH is 1. The molecule has 0 spiro atoms. The Hall–Kier alpha value is -4.23. The van der Waals surface area contributed by atoms with Crippen LogP contribution in [0, 0.1) is 5.92 Å². The first kappa shape index (κ1) is 35.6. The number of nitrogens with zero attached hydrogens (tertiary/aromatic N) is 2. The molecule has 0 bridgehead atoms. The maximum Gasteiger partial charge on any atom is 0.323 e. The summed E-state index contributed by atoms with van der Waals surface area (Å²) >= 11 is 0. The lowest BCUT2D eigenvalue weighted by atomic mass is 10.0. The van der Waals surface area contributed by atoms with Gasteiger partial charge >= 0.3 is 12.1 Å². The van der Waals surface area contributed by atoms with E-state index in [0.29, 0.717) is 41.8 Å². The Morgan fingerprint density at radius 1 is 1.00 bits per heavy atom. The van der Waals surface area contributed by atoms with Gasteiger partial charge in [-0.25, -0.2) is 9.59 Å². The summed E-state index contributed by atoms with van der Waals surface area (Å²) in [7, 11) is 1.73. The molecule has 2 aliphatic heterocycles. The average molecular weight is 656 g/mol. The van der Waals surface area contributed by atoms with Crippen LogP contribution < -0.4 is 30.2 Å². The molecule has 258 valence electrons. The van der Waals surface area contributed by atoms with E-state index in [4.69, 9.17) is 18.9 Å². The highest BCUT2D eigenvalue weighted by Gasteiger charge is 2.31. The van der Waals surface area contributed by atoms with Crippen molar-refractivity contribution in [3.05, 3.63) is 42.0 Å². The first-order chi connectivity index (χ1) is 22.4. The number of aliphatic hydroxyl groups is 1. The van der Waals surface area contributed by atoms with Gasteiger partial charge in [0.15, 0.2) is 11.5 Å². The Kier molecular flexibility index (Phi) is 12.5. The van der Waals surface area contributed by atoms with Crippen LogP contribution in [0.25, 0.3) is 0 Å². The smallest absolute Gasteiger partial charge is 0.323 e. The van der Waals surface area contributed by atoms with Crippen molar-refractivity contribution in [2.45, 2.75) is 78.2 Å². The van der Waals surface area contributed by atoms with Gasteiger partial charge in [-0.1, -0.05) is 6.92 Å². The fourth-order valence-corrected chi connectivity index (χ4v) is 5.44. The largest absolute Gasteiger partial charge is 0.490 e. The number of hydrogen-bond acceptors (Lipinski definition) is 8. The number of ether oxygens (including phenoxy) is 4. The SMILES string of the molecule is CC(C)NC(=O)N(C)C[C@@H]1OCCCC[C@H](C)Oc2ccc(NC(=O)Nc3ccc4c(c3)OCO4)cc2C(=O)N([C@@H](C)CO)C[C@H]1C. The summed E-state index contributed by atoms with van der Waals surface area (Å²) in [6, 6.07) is 8.81. The second kappa shape index (κ2) is 16.6. The van der Waals surface area contributed by atoms with Crippen molar-refractivity contribution in [3.8, 4) is 17.2 Å². The Morgan fingerprint density at radius 2 is 1.68 bits per heavy atom. The van der Waals surface area contributed by atoms with E-state index in [9.17, 15) is 19.5 Å². The van der Waals surface area contributed by atoms with Crippen LogP contribution in [0.4, 0.5) is 21.0 Å². The second-order valence-corrected chi connectivity index (χ2v) is 12.6. The molecule has 13 nitrogen and oxygen atoms in total. The van der Waals surface area contributed by atoms with Crippen molar-refractivity contribution in [2.75, 3.05) is 50.8 Å². The summed E-state index contributed by atoms with van der Waals surface area (Å²) < 4.78 is 23.3. The summed E-state index contributed by atoms with van der Waals surface area (Å²) in [6.45, 7) is 10.5. The molecule has 0 radical (unpaired) electrons. The predicted octanol–water partition coefficient (Wildman–Crippen LogP) is 4.90. The van der Waals surface area contributed by atoms with Crippen LogP contribution in [0.1, 0.15) is 64.2 Å². The maximum atomic E-state index is 14.3. The minimum absolute atomic E-state index is 0.00999. The van der Waals surface area contributed by atoms with Crippen LogP contribution in [0.15, 0.2) is 36.4 Å². The third-order valence-corrected chi connectivity index (χ3v) is 8.15. The van der Waals surface area contributed by atoms with Gasteiger partial charge in [0.25, 0.3) is 5.91 Å². The number of anilines is 2. The van der Waals surface area contributed by atoms with Crippen LogP contribution in [-0.2, 0) is 4.74 Å². The van der Waals surface area contributed by atoms with E-state index in [2.05, 4.69) is 16.0 Å². The molecule has 4 atom stereocenters. The number of amides is 5. The lowest BCUT2D eigenvalue weighted by Gasteiger charge is -2.36. The molecule has 2 aliphatic rings. The molecule has 2 aromatic carbocycles. The number of carbonyl (C=O) groups excluding carboxylic acids is 3. The quantitative estimate of drug-likeness (QED) is 0.329. The summed E-state index contributed by atoms with van der Waals surface area (Å²) in [4.78, 5) is 43.2. The first-order valence-corrected chi connectivity index (χ1v) is 16.3. The van der Waals surface area contributed by atoms with Gasteiger partial charge in [-0.05, 0) is 77.3 Å².